The van der Waals surface area contributed by atoms with Crippen LogP contribution in [0.5, 0.6) is 0 Å². The second kappa shape index (κ2) is 2.18. The molecular weight excluding hydrogens is 115 g/mol. The van der Waals surface area contributed by atoms with Gasteiger partial charge in [-0.2, -0.15) is 0 Å². The van der Waals surface area contributed by atoms with E-state index in [2.05, 4.69) is 0 Å². The maximum atomic E-state index is 13.9. The molecule has 0 aromatic heterocycles. The zero-order chi connectivity index (χ0) is 14.5. The first-order valence-electron chi connectivity index (χ1n) is 6.69. The summed E-state index contributed by atoms with van der Waals surface area (Å²) in [5, 5.41) is 0. The summed E-state index contributed by atoms with van der Waals surface area (Å²) in [5.41, 5.74) is -2.26. The van der Waals surface area contributed by atoms with Gasteiger partial charge in [0.05, 0.1) is 4.11 Å². The molecule has 0 saturated carbocycles. The molecule has 0 radical (unpaired) electrons. The number of rotatable bonds is 0. The van der Waals surface area contributed by atoms with Crippen LogP contribution >= 0.6 is 0 Å². The van der Waals surface area contributed by atoms with Crippen molar-refractivity contribution in [2.45, 2.75) is 13.7 Å². The average molecular weight is 133 g/mol. The quantitative estimate of drug-likeness (QED) is 0.510. The molecule has 0 heterocycles. The van der Waals surface area contributed by atoms with Crippen LogP contribution in [0, 0.1) is 19.5 Å². The first kappa shape index (κ1) is 1.42. The van der Waals surface area contributed by atoms with Crippen molar-refractivity contribution in [3.05, 3.63) is 35.1 Å². The van der Waals surface area contributed by atoms with Gasteiger partial charge in [-0.15, -0.1) is 0 Å². The predicted octanol–water partition coefficient (Wildman–Crippen LogP) is 2.44. The molecule has 0 aliphatic rings. The number of benzene rings is 1. The lowest BCUT2D eigenvalue weighted by Crippen LogP contribution is -1.84. The monoisotopic (exact) mass is 133 g/mol. The van der Waals surface area contributed by atoms with Gasteiger partial charge in [0, 0.05) is 8.22 Å². The molecule has 0 fully saturated rings. The fraction of sp³-hybridized carbons (Fsp3) is 0.250. The van der Waals surface area contributed by atoms with Crippen LogP contribution in [0.3, 0.4) is 0 Å². The smallest absolute Gasteiger partial charge is 0.129 e. The fourth-order valence-corrected chi connectivity index (χ4v) is 0.391. The normalized spacial score (nSPS) is 27.0. The zero-order valence-corrected chi connectivity index (χ0v) is 4.38. The van der Waals surface area contributed by atoms with Crippen molar-refractivity contribution in [2.24, 2.45) is 0 Å². The van der Waals surface area contributed by atoms with E-state index < -0.39 is 48.8 Å². The van der Waals surface area contributed by atoms with Crippen molar-refractivity contribution in [3.8, 4) is 0 Å². The molecule has 1 heteroatoms. The summed E-state index contributed by atoms with van der Waals surface area (Å²) in [4.78, 5) is 0. The molecule has 0 spiro atoms. The molecule has 0 N–H and O–H groups in total. The summed E-state index contributed by atoms with van der Waals surface area (Å²) < 4.78 is 78.4. The summed E-state index contributed by atoms with van der Waals surface area (Å²) >= 11 is 0. The summed E-state index contributed by atoms with van der Waals surface area (Å²) in [6.07, 6.45) is 0. The van der Waals surface area contributed by atoms with Crippen molar-refractivity contribution in [2.75, 3.05) is 0 Å². The van der Waals surface area contributed by atoms with Gasteiger partial charge in [0.2, 0.25) is 0 Å². The highest BCUT2D eigenvalue weighted by molar-refractivity contribution is 5.23. The standard InChI is InChI=1S/C8H9F/c1-6-4-3-5-7(2)8(6)9/h3-5H,1-2H3/i1D3,2D3,3D,4D,5D. The Morgan fingerprint density at radius 1 is 1.44 bits per heavy atom. The topological polar surface area (TPSA) is 0 Å². The summed E-state index contributed by atoms with van der Waals surface area (Å²) in [7, 11) is 0. The van der Waals surface area contributed by atoms with E-state index >= 15 is 0 Å². The molecule has 0 saturated heterocycles. The van der Waals surface area contributed by atoms with Gasteiger partial charge in [-0.3, -0.25) is 0 Å². The third-order valence-electron chi connectivity index (χ3n) is 0.814. The maximum Gasteiger partial charge on any atom is 0.129 e. The van der Waals surface area contributed by atoms with Gasteiger partial charge in [-0.1, -0.05) is 18.1 Å². The first-order chi connectivity index (χ1) is 7.89. The van der Waals surface area contributed by atoms with E-state index in [-0.39, 0.29) is 0 Å². The first-order valence-corrected chi connectivity index (χ1v) is 2.19. The van der Waals surface area contributed by atoms with Crippen LogP contribution in [0.1, 0.15) is 23.5 Å². The Kier molecular flexibility index (Phi) is 0.342. The molecule has 9 heavy (non-hydrogen) atoms. The van der Waals surface area contributed by atoms with Crippen LogP contribution in [0.15, 0.2) is 18.1 Å². The van der Waals surface area contributed by atoms with Gasteiger partial charge in [0.15, 0.2) is 0 Å². The van der Waals surface area contributed by atoms with Crippen molar-refractivity contribution in [1.82, 2.24) is 0 Å². The lowest BCUT2D eigenvalue weighted by molar-refractivity contribution is 0.609. The summed E-state index contributed by atoms with van der Waals surface area (Å²) in [5.74, 6) is -1.62. The Balaban J connectivity index is 3.83. The summed E-state index contributed by atoms with van der Waals surface area (Å²) in [6.45, 7) is -6.10. The fourth-order valence-electron chi connectivity index (χ4n) is 0.391. The van der Waals surface area contributed by atoms with Crippen LogP contribution < -0.4 is 0 Å². The second-order valence-electron chi connectivity index (χ2n) is 1.44. The highest BCUT2D eigenvalue weighted by Crippen LogP contribution is 2.09. The third kappa shape index (κ3) is 1.10. The van der Waals surface area contributed by atoms with Gasteiger partial charge in [-0.05, 0) is 24.8 Å². The van der Waals surface area contributed by atoms with Crippen molar-refractivity contribution in [3.63, 3.8) is 0 Å². The molecule has 0 amide bonds. The van der Waals surface area contributed by atoms with Gasteiger partial charge in [0.25, 0.3) is 0 Å². The van der Waals surface area contributed by atoms with Gasteiger partial charge < -0.3 is 0 Å². The van der Waals surface area contributed by atoms with Crippen LogP contribution in [0.2, 0.25) is 0 Å². The molecule has 0 nitrogen and oxygen atoms in total. The van der Waals surface area contributed by atoms with E-state index in [1.807, 2.05) is 0 Å². The molecule has 48 valence electrons. The van der Waals surface area contributed by atoms with E-state index in [1.165, 1.54) is 0 Å². The molecular formula is C8H9F. The average Bonchev–Trinajstić information content (AvgIpc) is 2.09. The Morgan fingerprint density at radius 2 is 2.00 bits per heavy atom. The highest BCUT2D eigenvalue weighted by Gasteiger charge is 1.96. The molecule has 1 aromatic rings. The van der Waals surface area contributed by atoms with E-state index in [0.717, 1.165) is 0 Å². The number of hydrogen-bond donors (Lipinski definition) is 0. The second-order valence-corrected chi connectivity index (χ2v) is 1.44. The minimum Gasteiger partial charge on any atom is -0.206 e. The van der Waals surface area contributed by atoms with E-state index in [1.54, 1.807) is 0 Å². The zero-order valence-electron chi connectivity index (χ0n) is 13.4. The van der Waals surface area contributed by atoms with Crippen LogP contribution in [0.4, 0.5) is 4.39 Å². The Bertz CT molecular complexity index is 444. The molecule has 1 aromatic carbocycles. The van der Waals surface area contributed by atoms with E-state index in [0.29, 0.717) is 0 Å². The Hall–Kier alpha value is -0.850. The van der Waals surface area contributed by atoms with Crippen LogP contribution in [-0.4, -0.2) is 0 Å². The predicted molar refractivity (Wildman–Crippen MR) is 35.9 cm³/mol. The molecule has 0 aliphatic carbocycles. The molecule has 0 bridgehead atoms. The van der Waals surface area contributed by atoms with Gasteiger partial charge >= 0.3 is 0 Å². The third-order valence-corrected chi connectivity index (χ3v) is 0.814. The maximum absolute atomic E-state index is 13.9. The lowest BCUT2D eigenvalue weighted by Gasteiger charge is -1.96. The number of halogens is 1. The minimum atomic E-state index is -3.05. The van der Waals surface area contributed by atoms with Crippen LogP contribution in [-0.2, 0) is 0 Å². The molecule has 0 unspecified atom stereocenters. The number of hydrogen-bond acceptors (Lipinski definition) is 0. The minimum absolute atomic E-state index is 0.909. The van der Waals surface area contributed by atoms with Gasteiger partial charge in [-0.25, -0.2) is 4.39 Å². The van der Waals surface area contributed by atoms with Crippen molar-refractivity contribution >= 4 is 0 Å². The van der Waals surface area contributed by atoms with Crippen molar-refractivity contribution < 1.29 is 16.7 Å². The molecule has 0 aliphatic heterocycles. The van der Waals surface area contributed by atoms with E-state index in [9.17, 15) is 4.39 Å². The van der Waals surface area contributed by atoms with Crippen molar-refractivity contribution in [1.29, 1.82) is 0 Å². The van der Waals surface area contributed by atoms with E-state index in [4.69, 9.17) is 12.3 Å². The molecule has 1 rings (SSSR count). The Morgan fingerprint density at radius 3 is 2.44 bits per heavy atom. The highest BCUT2D eigenvalue weighted by atomic mass is 19.1. The largest absolute Gasteiger partial charge is 0.206 e. The SMILES string of the molecule is [2H]c1c([2H])c(C([2H])([2H])[2H])c(F)c(C([2H])([2H])[2H])c1[2H]. The lowest BCUT2D eigenvalue weighted by atomic mass is 10.1. The summed E-state index contributed by atoms with van der Waals surface area (Å²) in [6, 6.07) is -2.87. The van der Waals surface area contributed by atoms with Gasteiger partial charge in [0.1, 0.15) is 5.82 Å². The Labute approximate surface area is 67.0 Å². The van der Waals surface area contributed by atoms with Crippen LogP contribution in [0.25, 0.3) is 0 Å². The molecule has 0 atom stereocenters.